The van der Waals surface area contributed by atoms with Crippen molar-refractivity contribution in [1.29, 1.82) is 15.8 Å². The third-order valence-electron chi connectivity index (χ3n) is 10.0. The molecular weight excluding hydrogens is 611 g/mol. The maximum Gasteiger partial charge on any atom is 0.0991 e. The first-order chi connectivity index (χ1) is 24.6. The second-order valence-electron chi connectivity index (χ2n) is 12.7. The average Bonchev–Trinajstić information content (AvgIpc) is 3.69. The van der Waals surface area contributed by atoms with Gasteiger partial charge in [0.1, 0.15) is 0 Å². The summed E-state index contributed by atoms with van der Waals surface area (Å²) < 4.78 is 2.16. The van der Waals surface area contributed by atoms with Crippen molar-refractivity contribution < 1.29 is 0 Å². The number of para-hydroxylation sites is 1. The van der Waals surface area contributed by atoms with E-state index < -0.39 is 0 Å². The maximum absolute atomic E-state index is 9.87. The van der Waals surface area contributed by atoms with Gasteiger partial charge in [0.15, 0.2) is 0 Å². The molecule has 0 bridgehead atoms. The highest BCUT2D eigenvalue weighted by atomic mass is 15.2. The summed E-state index contributed by atoms with van der Waals surface area (Å²) in [6.07, 6.45) is 8.88. The van der Waals surface area contributed by atoms with Gasteiger partial charge in [-0.25, -0.2) is 0 Å². The second kappa shape index (κ2) is 11.5. The number of nitrogens with zero attached hydrogens (tertiary/aromatic N) is 5. The molecule has 2 heterocycles. The first-order valence-electron chi connectivity index (χ1n) is 16.5. The van der Waals surface area contributed by atoms with Gasteiger partial charge in [-0.1, -0.05) is 78.9 Å². The topological polar surface area (TPSA) is 79.5 Å². The number of hydrogen-bond donors (Lipinski definition) is 0. The fraction of sp³-hybridized carbons (Fsp3) is 0.0444. The molecule has 0 saturated heterocycles. The van der Waals surface area contributed by atoms with Crippen LogP contribution >= 0.6 is 0 Å². The summed E-state index contributed by atoms with van der Waals surface area (Å²) in [5.41, 5.74) is 12.3. The normalized spacial score (nSPS) is 15.7. The van der Waals surface area contributed by atoms with E-state index in [0.717, 1.165) is 55.4 Å². The van der Waals surface area contributed by atoms with Crippen LogP contribution in [-0.2, 0) is 0 Å². The van der Waals surface area contributed by atoms with Crippen LogP contribution in [0.5, 0.6) is 0 Å². The smallest absolute Gasteiger partial charge is 0.0991 e. The van der Waals surface area contributed by atoms with E-state index in [1.165, 1.54) is 11.3 Å². The molecule has 50 heavy (non-hydrogen) atoms. The Morgan fingerprint density at radius 3 is 1.72 bits per heavy atom. The van der Waals surface area contributed by atoms with Crippen molar-refractivity contribution in [2.75, 3.05) is 4.90 Å². The van der Waals surface area contributed by atoms with Gasteiger partial charge in [-0.15, -0.1) is 0 Å². The Kier molecular flexibility index (Phi) is 6.70. The summed E-state index contributed by atoms with van der Waals surface area (Å²) in [5, 5.41) is 31.0. The lowest BCUT2D eigenvalue weighted by Crippen LogP contribution is -2.28. The monoisotopic (exact) mass is 637 g/mol. The zero-order valence-corrected chi connectivity index (χ0v) is 26.8. The van der Waals surface area contributed by atoms with Gasteiger partial charge in [-0.2, -0.15) is 15.8 Å². The van der Waals surface area contributed by atoms with E-state index in [1.54, 1.807) is 0 Å². The Morgan fingerprint density at radius 1 is 0.500 bits per heavy atom. The summed E-state index contributed by atoms with van der Waals surface area (Å²) in [5.74, 6) is 0.348. The Hall–Kier alpha value is -7.13. The minimum Gasteiger partial charge on any atom is -0.333 e. The van der Waals surface area contributed by atoms with E-state index in [-0.39, 0.29) is 6.04 Å². The van der Waals surface area contributed by atoms with Crippen molar-refractivity contribution >= 4 is 33.2 Å². The Bertz CT molecular complexity index is 2620. The van der Waals surface area contributed by atoms with Crippen LogP contribution in [0.4, 0.5) is 11.4 Å². The molecule has 1 aliphatic carbocycles. The molecule has 2 unspecified atom stereocenters. The lowest BCUT2D eigenvalue weighted by Gasteiger charge is -2.28. The van der Waals surface area contributed by atoms with E-state index in [2.05, 4.69) is 125 Å². The second-order valence-corrected chi connectivity index (χ2v) is 12.7. The molecule has 0 radical (unpaired) electrons. The molecular formula is C45H27N5. The molecule has 2 aliphatic rings. The Balaban J connectivity index is 1.10. The Morgan fingerprint density at radius 2 is 1.06 bits per heavy atom. The van der Waals surface area contributed by atoms with Crippen LogP contribution in [0, 0.1) is 34.0 Å². The minimum atomic E-state index is 0.261. The van der Waals surface area contributed by atoms with Crippen LogP contribution in [0.3, 0.4) is 0 Å². The highest BCUT2D eigenvalue weighted by Gasteiger charge is 2.36. The predicted molar refractivity (Wildman–Crippen MR) is 199 cm³/mol. The van der Waals surface area contributed by atoms with Gasteiger partial charge in [-0.05, 0) is 95.1 Å². The molecule has 232 valence electrons. The summed E-state index contributed by atoms with van der Waals surface area (Å²) in [6.45, 7) is 0. The van der Waals surface area contributed by atoms with E-state index in [0.29, 0.717) is 22.6 Å². The molecule has 7 aromatic rings. The van der Waals surface area contributed by atoms with Crippen LogP contribution in [0.15, 0.2) is 152 Å². The summed E-state index contributed by atoms with van der Waals surface area (Å²) in [4.78, 5) is 2.44. The molecule has 0 N–H and O–H groups in total. The quantitative estimate of drug-likeness (QED) is 0.192. The lowest BCUT2D eigenvalue weighted by atomic mass is 9.91. The van der Waals surface area contributed by atoms with Gasteiger partial charge in [-0.3, -0.25) is 0 Å². The highest BCUT2D eigenvalue weighted by Crippen LogP contribution is 2.47. The largest absolute Gasteiger partial charge is 0.333 e. The van der Waals surface area contributed by atoms with E-state index in [4.69, 9.17) is 0 Å². The highest BCUT2D eigenvalue weighted by molar-refractivity contribution is 6.10. The van der Waals surface area contributed by atoms with Gasteiger partial charge in [0.25, 0.3) is 0 Å². The SMILES string of the molecule is N#Cc1ccc(-n2c3ccc(C#N)cc3c3cc(C#N)ccc32)c(-c2ccc(-c3ccc(N4c5ccccc5C5C=CC=CC54)cc3)cc2)c1. The molecule has 0 spiro atoms. The van der Waals surface area contributed by atoms with Gasteiger partial charge < -0.3 is 9.47 Å². The van der Waals surface area contributed by atoms with Crippen LogP contribution in [0.2, 0.25) is 0 Å². The van der Waals surface area contributed by atoms with Crippen molar-refractivity contribution in [1.82, 2.24) is 4.57 Å². The summed E-state index contributed by atoms with van der Waals surface area (Å²) >= 11 is 0. The number of aromatic nitrogens is 1. The molecule has 1 aliphatic heterocycles. The molecule has 9 rings (SSSR count). The zero-order chi connectivity index (χ0) is 33.8. The summed E-state index contributed by atoms with van der Waals surface area (Å²) in [7, 11) is 0. The molecule has 6 aromatic carbocycles. The van der Waals surface area contributed by atoms with Gasteiger partial charge in [0.2, 0.25) is 0 Å². The lowest BCUT2D eigenvalue weighted by molar-refractivity contribution is 0.745. The van der Waals surface area contributed by atoms with Crippen molar-refractivity contribution in [3.63, 3.8) is 0 Å². The average molecular weight is 638 g/mol. The van der Waals surface area contributed by atoms with Gasteiger partial charge >= 0.3 is 0 Å². The fourth-order valence-corrected chi connectivity index (χ4v) is 7.70. The molecule has 1 aromatic heterocycles. The number of fused-ring (bicyclic) bond motifs is 6. The van der Waals surface area contributed by atoms with Gasteiger partial charge in [0.05, 0.1) is 57.7 Å². The zero-order valence-electron chi connectivity index (χ0n) is 26.8. The fourth-order valence-electron chi connectivity index (χ4n) is 7.70. The maximum atomic E-state index is 9.87. The van der Waals surface area contributed by atoms with Gasteiger partial charge in [0, 0.05) is 33.6 Å². The van der Waals surface area contributed by atoms with E-state index in [1.807, 2.05) is 54.6 Å². The van der Waals surface area contributed by atoms with Crippen molar-refractivity contribution in [3.05, 3.63) is 174 Å². The molecule has 5 heteroatoms. The number of rotatable bonds is 4. The van der Waals surface area contributed by atoms with E-state index >= 15 is 0 Å². The number of benzene rings is 6. The third kappa shape index (κ3) is 4.52. The molecule has 0 fully saturated rings. The van der Waals surface area contributed by atoms with Crippen LogP contribution in [0.25, 0.3) is 49.7 Å². The first kappa shape index (κ1) is 29.0. The van der Waals surface area contributed by atoms with Crippen LogP contribution in [0.1, 0.15) is 28.2 Å². The number of nitriles is 3. The van der Waals surface area contributed by atoms with E-state index in [9.17, 15) is 15.8 Å². The molecule has 2 atom stereocenters. The third-order valence-corrected chi connectivity index (χ3v) is 10.0. The minimum absolute atomic E-state index is 0.261. The molecule has 5 nitrogen and oxygen atoms in total. The standard InChI is InChI=1S/C45H27N5/c46-26-29-9-20-43(50-44-21-10-30(27-47)24-39(44)40-25-31(28-48)11-22-45(40)50)38(23-29)34-14-12-32(13-15-34)33-16-18-35(19-17-33)49-41-7-3-1-5-36(41)37-6-2-4-8-42(37)49/h1-25,36,41H. The van der Waals surface area contributed by atoms with Crippen LogP contribution in [-0.4, -0.2) is 10.6 Å². The number of anilines is 2. The summed E-state index contributed by atoms with van der Waals surface area (Å²) in [6, 6.07) is 50.1. The first-order valence-corrected chi connectivity index (χ1v) is 16.5. The molecule has 0 saturated carbocycles. The number of hydrogen-bond acceptors (Lipinski definition) is 4. The number of allylic oxidation sites excluding steroid dienone is 2. The Labute approximate surface area is 289 Å². The van der Waals surface area contributed by atoms with Crippen LogP contribution < -0.4 is 4.90 Å². The van der Waals surface area contributed by atoms with Crippen molar-refractivity contribution in [2.45, 2.75) is 12.0 Å². The predicted octanol–water partition coefficient (Wildman–Crippen LogP) is 10.5. The molecule has 0 amide bonds. The van der Waals surface area contributed by atoms with Crippen molar-refractivity contribution in [3.8, 4) is 46.1 Å². The van der Waals surface area contributed by atoms with Crippen molar-refractivity contribution in [2.24, 2.45) is 0 Å².